The third-order valence-corrected chi connectivity index (χ3v) is 3.97. The Morgan fingerprint density at radius 2 is 1.72 bits per heavy atom. The van der Waals surface area contributed by atoms with Crippen LogP contribution in [0.4, 0.5) is 0 Å². The summed E-state index contributed by atoms with van der Waals surface area (Å²) in [5.74, 6) is -0.490. The Labute approximate surface area is 145 Å². The lowest BCUT2D eigenvalue weighted by atomic mass is 10.1. The lowest BCUT2D eigenvalue weighted by Crippen LogP contribution is -2.25. The number of carbonyl (C=O) groups is 2. The van der Waals surface area contributed by atoms with Gasteiger partial charge in [-0.2, -0.15) is 0 Å². The highest BCUT2D eigenvalue weighted by molar-refractivity contribution is 5.95. The molecule has 1 heterocycles. The molecule has 25 heavy (non-hydrogen) atoms. The molecular formula is C19H19NO5. The molecule has 0 atom stereocenters. The largest absolute Gasteiger partial charge is 0.490 e. The molecule has 0 aromatic heterocycles. The summed E-state index contributed by atoms with van der Waals surface area (Å²) in [4.78, 5) is 25.2. The number of hydrogen-bond acceptors (Lipinski definition) is 4. The van der Waals surface area contributed by atoms with Crippen LogP contribution in [0, 0.1) is 0 Å². The van der Waals surface area contributed by atoms with Crippen molar-refractivity contribution in [3.63, 3.8) is 0 Å². The number of carbonyl (C=O) groups excluding carboxylic acids is 1. The molecule has 6 nitrogen and oxygen atoms in total. The van der Waals surface area contributed by atoms with Crippen LogP contribution in [-0.2, 0) is 17.9 Å². The minimum absolute atomic E-state index is 0.0954. The van der Waals surface area contributed by atoms with Crippen LogP contribution in [0.1, 0.15) is 28.4 Å². The number of carboxylic acid groups (broad SMARTS) is 1. The van der Waals surface area contributed by atoms with Crippen molar-refractivity contribution in [1.82, 2.24) is 4.90 Å². The van der Waals surface area contributed by atoms with Gasteiger partial charge in [0.15, 0.2) is 18.1 Å². The van der Waals surface area contributed by atoms with Gasteiger partial charge in [0.1, 0.15) is 0 Å². The number of rotatable bonds is 6. The highest BCUT2D eigenvalue weighted by atomic mass is 16.5. The van der Waals surface area contributed by atoms with Gasteiger partial charge in [0.25, 0.3) is 5.91 Å². The zero-order valence-corrected chi connectivity index (χ0v) is 13.9. The summed E-state index contributed by atoms with van der Waals surface area (Å²) in [6.45, 7) is 2.89. The van der Waals surface area contributed by atoms with Gasteiger partial charge in [-0.15, -0.1) is 0 Å². The molecule has 2 aromatic rings. The highest BCUT2D eigenvalue weighted by Gasteiger charge is 2.24. The van der Waals surface area contributed by atoms with Crippen molar-refractivity contribution in [3.05, 3.63) is 59.2 Å². The number of nitrogens with zero attached hydrogens (tertiary/aromatic N) is 1. The fraction of sp³-hybridized carbons (Fsp3) is 0.263. The molecule has 0 saturated heterocycles. The molecule has 3 rings (SSSR count). The maximum atomic E-state index is 12.8. The molecule has 0 unspecified atom stereocenters. The molecule has 0 radical (unpaired) electrons. The van der Waals surface area contributed by atoms with E-state index < -0.39 is 12.6 Å². The van der Waals surface area contributed by atoms with Gasteiger partial charge in [-0.3, -0.25) is 4.79 Å². The zero-order chi connectivity index (χ0) is 17.8. The van der Waals surface area contributed by atoms with Crippen LogP contribution in [0.15, 0.2) is 42.5 Å². The third kappa shape index (κ3) is 3.74. The van der Waals surface area contributed by atoms with E-state index in [0.29, 0.717) is 36.8 Å². The molecular weight excluding hydrogens is 322 g/mol. The number of ether oxygens (including phenoxy) is 2. The molecule has 1 N–H and O–H groups in total. The standard InChI is InChI=1S/C19H19NO5/c1-2-24-17-9-13(7-8-16(17)25-12-18(21)22)19(23)20-10-14-5-3-4-6-15(14)11-20/h3-9H,2,10-12H2,1H3,(H,21,22). The summed E-state index contributed by atoms with van der Waals surface area (Å²) >= 11 is 0. The summed E-state index contributed by atoms with van der Waals surface area (Å²) in [5.41, 5.74) is 2.79. The number of aliphatic carboxylic acids is 1. The van der Waals surface area contributed by atoms with E-state index in [-0.39, 0.29) is 5.91 Å². The second kappa shape index (κ2) is 7.25. The summed E-state index contributed by atoms with van der Waals surface area (Å²) in [7, 11) is 0. The van der Waals surface area contributed by atoms with Crippen molar-refractivity contribution >= 4 is 11.9 Å². The van der Waals surface area contributed by atoms with Crippen molar-refractivity contribution in [3.8, 4) is 11.5 Å². The zero-order valence-electron chi connectivity index (χ0n) is 13.9. The van der Waals surface area contributed by atoms with Gasteiger partial charge >= 0.3 is 5.97 Å². The van der Waals surface area contributed by atoms with Crippen LogP contribution in [0.25, 0.3) is 0 Å². The lowest BCUT2D eigenvalue weighted by molar-refractivity contribution is -0.139. The van der Waals surface area contributed by atoms with Gasteiger partial charge in [-0.25, -0.2) is 4.79 Å². The minimum Gasteiger partial charge on any atom is -0.490 e. The predicted molar refractivity (Wildman–Crippen MR) is 90.8 cm³/mol. The van der Waals surface area contributed by atoms with Gasteiger partial charge in [0, 0.05) is 18.7 Å². The van der Waals surface area contributed by atoms with Crippen molar-refractivity contribution < 1.29 is 24.2 Å². The second-order valence-corrected chi connectivity index (χ2v) is 5.71. The molecule has 130 valence electrons. The fourth-order valence-electron chi connectivity index (χ4n) is 2.83. The molecule has 1 aliphatic rings. The van der Waals surface area contributed by atoms with Gasteiger partial charge in [-0.1, -0.05) is 24.3 Å². The molecule has 1 aliphatic heterocycles. The number of amides is 1. The maximum absolute atomic E-state index is 12.8. The van der Waals surface area contributed by atoms with Crippen LogP contribution in [0.5, 0.6) is 11.5 Å². The van der Waals surface area contributed by atoms with E-state index in [1.54, 1.807) is 23.1 Å². The molecule has 0 aliphatic carbocycles. The van der Waals surface area contributed by atoms with Crippen molar-refractivity contribution in [2.45, 2.75) is 20.0 Å². The predicted octanol–water partition coefficient (Wildman–Crippen LogP) is 2.70. The van der Waals surface area contributed by atoms with Crippen LogP contribution in [0.3, 0.4) is 0 Å². The van der Waals surface area contributed by atoms with Crippen LogP contribution < -0.4 is 9.47 Å². The Morgan fingerprint density at radius 1 is 1.04 bits per heavy atom. The third-order valence-electron chi connectivity index (χ3n) is 3.97. The minimum atomic E-state index is -1.07. The lowest BCUT2D eigenvalue weighted by Gasteiger charge is -2.17. The first-order valence-electron chi connectivity index (χ1n) is 8.06. The number of fused-ring (bicyclic) bond motifs is 1. The summed E-state index contributed by atoms with van der Waals surface area (Å²) in [6.07, 6.45) is 0. The van der Waals surface area contributed by atoms with Gasteiger partial charge in [0.2, 0.25) is 0 Å². The average Bonchev–Trinajstić information content (AvgIpc) is 3.04. The van der Waals surface area contributed by atoms with E-state index in [0.717, 1.165) is 11.1 Å². The van der Waals surface area contributed by atoms with Crippen LogP contribution >= 0.6 is 0 Å². The first-order chi connectivity index (χ1) is 12.1. The molecule has 0 saturated carbocycles. The molecule has 0 bridgehead atoms. The van der Waals surface area contributed by atoms with E-state index in [1.807, 2.05) is 31.2 Å². The Morgan fingerprint density at radius 3 is 2.32 bits per heavy atom. The average molecular weight is 341 g/mol. The van der Waals surface area contributed by atoms with Gasteiger partial charge in [0.05, 0.1) is 6.61 Å². The van der Waals surface area contributed by atoms with Gasteiger partial charge in [-0.05, 0) is 36.2 Å². The Balaban J connectivity index is 1.79. The topological polar surface area (TPSA) is 76.1 Å². The first-order valence-corrected chi connectivity index (χ1v) is 8.06. The fourth-order valence-corrected chi connectivity index (χ4v) is 2.83. The normalized spacial score (nSPS) is 12.6. The maximum Gasteiger partial charge on any atom is 0.341 e. The molecule has 0 fully saturated rings. The Hall–Kier alpha value is -3.02. The first kappa shape index (κ1) is 16.8. The smallest absolute Gasteiger partial charge is 0.341 e. The van der Waals surface area contributed by atoms with E-state index in [1.165, 1.54) is 0 Å². The Kier molecular flexibility index (Phi) is 4.88. The molecule has 1 amide bonds. The second-order valence-electron chi connectivity index (χ2n) is 5.71. The summed E-state index contributed by atoms with van der Waals surface area (Å²) in [5, 5.41) is 8.74. The molecule has 2 aromatic carbocycles. The number of carboxylic acids is 1. The SMILES string of the molecule is CCOc1cc(C(=O)N2Cc3ccccc3C2)ccc1OCC(=O)O. The monoisotopic (exact) mass is 341 g/mol. The van der Waals surface area contributed by atoms with Crippen LogP contribution in [0.2, 0.25) is 0 Å². The van der Waals surface area contributed by atoms with E-state index in [2.05, 4.69) is 0 Å². The highest BCUT2D eigenvalue weighted by Crippen LogP contribution is 2.30. The quantitative estimate of drug-likeness (QED) is 0.874. The molecule has 0 spiro atoms. The van der Waals surface area contributed by atoms with Crippen molar-refractivity contribution in [1.29, 1.82) is 0 Å². The number of hydrogen-bond donors (Lipinski definition) is 1. The van der Waals surface area contributed by atoms with Crippen molar-refractivity contribution in [2.75, 3.05) is 13.2 Å². The summed E-state index contributed by atoms with van der Waals surface area (Å²) < 4.78 is 10.7. The van der Waals surface area contributed by atoms with E-state index >= 15 is 0 Å². The van der Waals surface area contributed by atoms with Crippen LogP contribution in [-0.4, -0.2) is 35.1 Å². The van der Waals surface area contributed by atoms with E-state index in [4.69, 9.17) is 14.6 Å². The van der Waals surface area contributed by atoms with E-state index in [9.17, 15) is 9.59 Å². The van der Waals surface area contributed by atoms with Gasteiger partial charge < -0.3 is 19.5 Å². The summed E-state index contributed by atoms with van der Waals surface area (Å²) in [6, 6.07) is 12.8. The van der Waals surface area contributed by atoms with Crippen molar-refractivity contribution in [2.24, 2.45) is 0 Å². The Bertz CT molecular complexity index is 777. The number of benzene rings is 2. The molecule has 6 heteroatoms.